The van der Waals surface area contributed by atoms with Gasteiger partial charge in [-0.15, -0.1) is 0 Å². The van der Waals surface area contributed by atoms with E-state index in [1.807, 2.05) is 65.6 Å². The third kappa shape index (κ3) is 5.44. The van der Waals surface area contributed by atoms with Gasteiger partial charge in [-0.1, -0.05) is 48.0 Å². The Kier molecular flexibility index (Phi) is 7.77. The molecule has 3 aromatic carbocycles. The van der Waals surface area contributed by atoms with Crippen LogP contribution in [0.25, 0.3) is 22.0 Å². The Morgan fingerprint density at radius 2 is 1.82 bits per heavy atom. The van der Waals surface area contributed by atoms with E-state index in [0.717, 1.165) is 27.6 Å². The van der Waals surface area contributed by atoms with E-state index in [9.17, 15) is 9.59 Å². The van der Waals surface area contributed by atoms with E-state index in [1.165, 1.54) is 7.11 Å². The van der Waals surface area contributed by atoms with E-state index in [1.54, 1.807) is 20.3 Å². The molecular weight excluding hydrogens is 518 g/mol. The average Bonchev–Trinajstić information content (AvgIpc) is 3.54. The Labute approximate surface area is 231 Å². The minimum Gasteiger partial charge on any atom is -0.497 e. The van der Waals surface area contributed by atoms with Crippen molar-refractivity contribution in [1.29, 1.82) is 0 Å². The fraction of sp³-hybridized carbons (Fsp3) is 0.267. The maximum absolute atomic E-state index is 13.7. The number of aromatic amines is 1. The summed E-state index contributed by atoms with van der Waals surface area (Å²) in [4.78, 5) is 31.7. The lowest BCUT2D eigenvalue weighted by molar-refractivity contribution is -0.146. The van der Waals surface area contributed by atoms with Gasteiger partial charge in [-0.25, -0.2) is 0 Å². The molecule has 0 bridgehead atoms. The Morgan fingerprint density at radius 1 is 1.03 bits per heavy atom. The summed E-state index contributed by atoms with van der Waals surface area (Å²) in [5, 5.41) is 4.60. The third-order valence-corrected chi connectivity index (χ3v) is 7.36. The van der Waals surface area contributed by atoms with Gasteiger partial charge in [0, 0.05) is 52.3 Å². The fourth-order valence-corrected chi connectivity index (χ4v) is 5.43. The summed E-state index contributed by atoms with van der Waals surface area (Å²) in [6.07, 6.45) is 0.420. The molecule has 5 rings (SSSR count). The largest absolute Gasteiger partial charge is 0.497 e. The van der Waals surface area contributed by atoms with Crippen molar-refractivity contribution in [2.45, 2.75) is 25.0 Å². The number of nitrogens with zero attached hydrogens (tertiary/aromatic N) is 1. The highest BCUT2D eigenvalue weighted by atomic mass is 35.5. The van der Waals surface area contributed by atoms with E-state index >= 15 is 0 Å². The van der Waals surface area contributed by atoms with Gasteiger partial charge in [-0.2, -0.15) is 0 Å². The second-order valence-corrected chi connectivity index (χ2v) is 9.92. The maximum atomic E-state index is 13.7. The van der Waals surface area contributed by atoms with Gasteiger partial charge in [-0.05, 0) is 36.2 Å². The normalized spacial score (nSPS) is 17.2. The van der Waals surface area contributed by atoms with Crippen LogP contribution >= 0.6 is 11.6 Å². The molecule has 2 heterocycles. The van der Waals surface area contributed by atoms with Crippen molar-refractivity contribution in [1.82, 2.24) is 15.2 Å². The van der Waals surface area contributed by atoms with Gasteiger partial charge in [0.15, 0.2) is 0 Å². The molecule has 2 N–H and O–H groups in total. The first-order chi connectivity index (χ1) is 18.9. The molecule has 4 aromatic rings. The molecule has 1 saturated heterocycles. The number of aromatic nitrogens is 1. The Hall–Kier alpha value is -4.01. The van der Waals surface area contributed by atoms with Gasteiger partial charge < -0.3 is 24.5 Å². The van der Waals surface area contributed by atoms with Crippen LogP contribution in [0.1, 0.15) is 22.5 Å². The molecule has 1 aromatic heterocycles. The number of amides is 1. The first-order valence-corrected chi connectivity index (χ1v) is 13.0. The molecular formula is C30H30ClN3O5. The maximum Gasteiger partial charge on any atom is 0.323 e. The number of hydrogen-bond acceptors (Lipinski definition) is 6. The van der Waals surface area contributed by atoms with Gasteiger partial charge >= 0.3 is 5.97 Å². The van der Waals surface area contributed by atoms with Gasteiger partial charge in [0.25, 0.3) is 5.91 Å². The summed E-state index contributed by atoms with van der Waals surface area (Å²) in [5.41, 5.74) is 3.85. The Bertz CT molecular complexity index is 1500. The molecule has 0 spiro atoms. The molecule has 2 atom stereocenters. The molecule has 8 nitrogen and oxygen atoms in total. The van der Waals surface area contributed by atoms with Gasteiger partial charge in [0.05, 0.1) is 21.3 Å². The van der Waals surface area contributed by atoms with Crippen molar-refractivity contribution in [3.8, 4) is 22.6 Å². The number of H-pyrrole nitrogens is 1. The summed E-state index contributed by atoms with van der Waals surface area (Å²) < 4.78 is 16.0. The first-order valence-electron chi connectivity index (χ1n) is 12.6. The van der Waals surface area contributed by atoms with Crippen molar-refractivity contribution in [3.05, 3.63) is 83.0 Å². The number of carbonyl (C=O) groups excluding carboxylic acids is 2. The highest BCUT2D eigenvalue weighted by Crippen LogP contribution is 2.35. The number of hydrogen-bond donors (Lipinski definition) is 2. The number of esters is 1. The van der Waals surface area contributed by atoms with E-state index in [-0.39, 0.29) is 17.9 Å². The summed E-state index contributed by atoms with van der Waals surface area (Å²) in [5.74, 6) is 0.748. The number of ether oxygens (including phenoxy) is 3. The number of likely N-dealkylation sites (tertiary alicyclic amines) is 1. The molecule has 1 amide bonds. The van der Waals surface area contributed by atoms with Gasteiger partial charge in [0.2, 0.25) is 0 Å². The summed E-state index contributed by atoms with van der Waals surface area (Å²) in [7, 11) is 4.57. The lowest BCUT2D eigenvalue weighted by Crippen LogP contribution is -2.38. The minimum atomic E-state index is -0.512. The van der Waals surface area contributed by atoms with Crippen LogP contribution in [0.3, 0.4) is 0 Å². The molecule has 0 aliphatic carbocycles. The van der Waals surface area contributed by atoms with Crippen LogP contribution in [-0.2, 0) is 16.1 Å². The second kappa shape index (κ2) is 11.4. The monoisotopic (exact) mass is 547 g/mol. The van der Waals surface area contributed by atoms with E-state index in [0.29, 0.717) is 41.7 Å². The molecule has 202 valence electrons. The van der Waals surface area contributed by atoms with E-state index < -0.39 is 6.04 Å². The van der Waals surface area contributed by atoms with Crippen LogP contribution in [-0.4, -0.2) is 61.7 Å². The topological polar surface area (TPSA) is 92.9 Å². The minimum absolute atomic E-state index is 0.251. The first kappa shape index (κ1) is 26.6. The zero-order chi connectivity index (χ0) is 27.5. The van der Waals surface area contributed by atoms with Crippen LogP contribution in [0.4, 0.5) is 0 Å². The lowest BCUT2D eigenvalue weighted by atomic mass is 10.0. The molecule has 0 radical (unpaired) electrons. The van der Waals surface area contributed by atoms with Crippen molar-refractivity contribution in [2.75, 3.05) is 27.9 Å². The van der Waals surface area contributed by atoms with Gasteiger partial charge in [-0.3, -0.25) is 14.5 Å². The predicted octanol–water partition coefficient (Wildman–Crippen LogP) is 5.05. The van der Waals surface area contributed by atoms with E-state index in [4.69, 9.17) is 25.8 Å². The molecule has 1 fully saturated rings. The zero-order valence-corrected chi connectivity index (χ0v) is 22.7. The molecule has 0 unspecified atom stereocenters. The smallest absolute Gasteiger partial charge is 0.323 e. The van der Waals surface area contributed by atoms with Crippen molar-refractivity contribution >= 4 is 34.4 Å². The Morgan fingerprint density at radius 3 is 2.54 bits per heavy atom. The third-order valence-electron chi connectivity index (χ3n) is 7.13. The highest BCUT2D eigenvalue weighted by Gasteiger charge is 2.39. The van der Waals surface area contributed by atoms with Crippen LogP contribution in [0.5, 0.6) is 11.5 Å². The summed E-state index contributed by atoms with van der Waals surface area (Å²) in [6, 6.07) is 20.0. The van der Waals surface area contributed by atoms with Crippen molar-refractivity contribution < 1.29 is 23.8 Å². The van der Waals surface area contributed by atoms with Gasteiger partial charge in [0.1, 0.15) is 23.2 Å². The van der Waals surface area contributed by atoms with Crippen LogP contribution in [0.2, 0.25) is 5.02 Å². The van der Waals surface area contributed by atoms with E-state index in [2.05, 4.69) is 10.3 Å². The predicted molar refractivity (Wildman–Crippen MR) is 150 cm³/mol. The van der Waals surface area contributed by atoms with Crippen LogP contribution in [0.15, 0.2) is 66.7 Å². The molecule has 9 heteroatoms. The van der Waals surface area contributed by atoms with Crippen molar-refractivity contribution in [2.24, 2.45) is 0 Å². The summed E-state index contributed by atoms with van der Waals surface area (Å²) >= 11 is 6.31. The average molecular weight is 548 g/mol. The number of benzene rings is 3. The van der Waals surface area contributed by atoms with Crippen molar-refractivity contribution in [3.63, 3.8) is 0 Å². The number of nitrogens with one attached hydrogen (secondary N) is 2. The van der Waals surface area contributed by atoms with Crippen LogP contribution in [0, 0.1) is 0 Å². The molecule has 1 aliphatic heterocycles. The molecule has 1 aliphatic rings. The lowest BCUT2D eigenvalue weighted by Gasteiger charge is -2.23. The van der Waals surface area contributed by atoms with Crippen LogP contribution < -0.4 is 14.8 Å². The highest BCUT2D eigenvalue weighted by molar-refractivity contribution is 6.31. The molecule has 39 heavy (non-hydrogen) atoms. The Balaban J connectivity index is 1.41. The standard InChI is InChI=1S/C30H30ClN3O5/c1-37-22-11-9-19(26(15-22)38-2)16-34-17-21(14-25(34)30(36)39-3)32-29(35)28-27(18-7-5-4-6-8-18)23-13-20(31)10-12-24(23)33-28/h4-13,15,21,25,33H,14,16-17H2,1-3H3,(H,32,35)/t21-,25+/m1/s1. The fourth-order valence-electron chi connectivity index (χ4n) is 5.26. The number of halogens is 1. The number of fused-ring (bicyclic) bond motifs is 1. The zero-order valence-electron chi connectivity index (χ0n) is 22.0. The quantitative estimate of drug-likeness (QED) is 0.300. The summed E-state index contributed by atoms with van der Waals surface area (Å²) in [6.45, 7) is 0.910. The second-order valence-electron chi connectivity index (χ2n) is 9.48. The number of methoxy groups -OCH3 is 3. The molecule has 0 saturated carbocycles. The number of rotatable bonds is 8. The SMILES string of the molecule is COC(=O)[C@@H]1C[C@@H](NC(=O)c2[nH]c3ccc(Cl)cc3c2-c2ccccc2)CN1Cc1ccc(OC)cc1OC. The number of carbonyl (C=O) groups is 2.